The SMILES string of the molecule is O=C(O)CCCCCNCc1nnc(-c2cccc(F)c2)o1. The maximum absolute atomic E-state index is 13.1. The number of halogens is 1. The number of unbranched alkanes of at least 4 members (excludes halogenated alkanes) is 2. The number of hydrogen-bond acceptors (Lipinski definition) is 5. The lowest BCUT2D eigenvalue weighted by atomic mass is 10.2. The summed E-state index contributed by atoms with van der Waals surface area (Å²) in [5, 5.41) is 19.4. The molecule has 0 saturated carbocycles. The number of nitrogens with one attached hydrogen (secondary N) is 1. The fourth-order valence-electron chi connectivity index (χ4n) is 1.96. The third-order valence-electron chi connectivity index (χ3n) is 3.06. The Balaban J connectivity index is 1.70. The number of hydrogen-bond donors (Lipinski definition) is 2. The summed E-state index contributed by atoms with van der Waals surface area (Å²) in [6.45, 7) is 1.18. The molecule has 1 heterocycles. The van der Waals surface area contributed by atoms with Gasteiger partial charge in [0.1, 0.15) is 5.82 Å². The first-order valence-electron chi connectivity index (χ1n) is 7.16. The van der Waals surface area contributed by atoms with Gasteiger partial charge >= 0.3 is 5.97 Å². The third kappa shape index (κ3) is 5.25. The molecule has 0 spiro atoms. The first-order valence-corrected chi connectivity index (χ1v) is 7.16. The Morgan fingerprint density at radius 3 is 2.91 bits per heavy atom. The second-order valence-corrected chi connectivity index (χ2v) is 4.89. The van der Waals surface area contributed by atoms with Crippen molar-refractivity contribution in [2.75, 3.05) is 6.54 Å². The molecule has 1 aromatic carbocycles. The van der Waals surface area contributed by atoms with Crippen molar-refractivity contribution < 1.29 is 18.7 Å². The van der Waals surface area contributed by atoms with Gasteiger partial charge in [-0.05, 0) is 37.6 Å². The largest absolute Gasteiger partial charge is 0.481 e. The van der Waals surface area contributed by atoms with Gasteiger partial charge in [0.25, 0.3) is 0 Å². The molecule has 0 bridgehead atoms. The highest BCUT2D eigenvalue weighted by atomic mass is 19.1. The Morgan fingerprint density at radius 2 is 2.14 bits per heavy atom. The van der Waals surface area contributed by atoms with E-state index >= 15 is 0 Å². The van der Waals surface area contributed by atoms with Gasteiger partial charge in [0.05, 0.1) is 6.54 Å². The lowest BCUT2D eigenvalue weighted by molar-refractivity contribution is -0.137. The van der Waals surface area contributed by atoms with Crippen molar-refractivity contribution >= 4 is 5.97 Å². The molecule has 118 valence electrons. The van der Waals surface area contributed by atoms with E-state index in [-0.39, 0.29) is 18.1 Å². The number of rotatable bonds is 9. The molecule has 22 heavy (non-hydrogen) atoms. The zero-order valence-corrected chi connectivity index (χ0v) is 12.1. The van der Waals surface area contributed by atoms with E-state index < -0.39 is 5.97 Å². The maximum Gasteiger partial charge on any atom is 0.303 e. The molecule has 0 aliphatic heterocycles. The highest BCUT2D eigenvalue weighted by Crippen LogP contribution is 2.18. The van der Waals surface area contributed by atoms with Crippen LogP contribution in [0.1, 0.15) is 31.6 Å². The average Bonchev–Trinajstić information content (AvgIpc) is 2.95. The van der Waals surface area contributed by atoms with E-state index in [4.69, 9.17) is 9.52 Å². The smallest absolute Gasteiger partial charge is 0.303 e. The quantitative estimate of drug-likeness (QED) is 0.692. The van der Waals surface area contributed by atoms with Gasteiger partial charge in [-0.15, -0.1) is 10.2 Å². The van der Waals surface area contributed by atoms with Crippen LogP contribution < -0.4 is 5.32 Å². The first-order chi connectivity index (χ1) is 10.6. The minimum atomic E-state index is -0.760. The molecule has 1 aromatic heterocycles. The maximum atomic E-state index is 13.1. The van der Waals surface area contributed by atoms with E-state index in [0.29, 0.717) is 24.4 Å². The van der Waals surface area contributed by atoms with Crippen LogP contribution in [0.4, 0.5) is 4.39 Å². The fourth-order valence-corrected chi connectivity index (χ4v) is 1.96. The molecule has 0 aliphatic rings. The molecular weight excluding hydrogens is 289 g/mol. The summed E-state index contributed by atoms with van der Waals surface area (Å²) in [6.07, 6.45) is 2.64. The van der Waals surface area contributed by atoms with Gasteiger partial charge in [-0.3, -0.25) is 4.79 Å². The van der Waals surface area contributed by atoms with E-state index in [1.807, 2.05) is 0 Å². The molecule has 2 aromatic rings. The predicted octanol–water partition coefficient (Wildman–Crippen LogP) is 2.61. The summed E-state index contributed by atoms with van der Waals surface area (Å²) in [6, 6.07) is 5.99. The van der Waals surface area contributed by atoms with Crippen molar-refractivity contribution in [1.82, 2.24) is 15.5 Å². The van der Waals surface area contributed by atoms with Crippen LogP contribution in [0.2, 0.25) is 0 Å². The molecule has 0 saturated heterocycles. The second kappa shape index (κ2) is 8.23. The van der Waals surface area contributed by atoms with Gasteiger partial charge in [0, 0.05) is 12.0 Å². The van der Waals surface area contributed by atoms with Gasteiger partial charge in [0.2, 0.25) is 11.8 Å². The summed E-state index contributed by atoms with van der Waals surface area (Å²) in [4.78, 5) is 10.3. The van der Waals surface area contributed by atoms with Gasteiger partial charge in [-0.2, -0.15) is 0 Å². The van der Waals surface area contributed by atoms with Crippen LogP contribution in [0.25, 0.3) is 11.5 Å². The Kier molecular flexibility index (Phi) is 6.02. The molecule has 6 nitrogen and oxygen atoms in total. The monoisotopic (exact) mass is 307 g/mol. The van der Waals surface area contributed by atoms with Gasteiger partial charge in [0.15, 0.2) is 0 Å². The summed E-state index contributed by atoms with van der Waals surface area (Å²) >= 11 is 0. The number of carbonyl (C=O) groups is 1. The first kappa shape index (κ1) is 16.1. The van der Waals surface area contributed by atoms with Crippen LogP contribution in [0.3, 0.4) is 0 Å². The van der Waals surface area contributed by atoms with E-state index in [2.05, 4.69) is 15.5 Å². The minimum Gasteiger partial charge on any atom is -0.481 e. The molecule has 0 radical (unpaired) electrons. The summed E-state index contributed by atoms with van der Waals surface area (Å²) in [5.74, 6) is -0.386. The van der Waals surface area contributed by atoms with E-state index in [1.54, 1.807) is 12.1 Å². The molecule has 0 atom stereocenters. The summed E-state index contributed by atoms with van der Waals surface area (Å²) < 4.78 is 18.6. The molecule has 0 aliphatic carbocycles. The van der Waals surface area contributed by atoms with Crippen LogP contribution in [0, 0.1) is 5.82 Å². The van der Waals surface area contributed by atoms with Crippen molar-refractivity contribution in [3.63, 3.8) is 0 Å². The number of carboxylic acid groups (broad SMARTS) is 1. The highest BCUT2D eigenvalue weighted by molar-refractivity contribution is 5.66. The lowest BCUT2D eigenvalue weighted by Gasteiger charge is -2.01. The number of benzene rings is 1. The zero-order chi connectivity index (χ0) is 15.8. The average molecular weight is 307 g/mol. The number of aliphatic carboxylic acids is 1. The summed E-state index contributed by atoms with van der Waals surface area (Å²) in [5.41, 5.74) is 0.549. The van der Waals surface area contributed by atoms with Crippen molar-refractivity contribution in [1.29, 1.82) is 0 Å². The van der Waals surface area contributed by atoms with E-state index in [1.165, 1.54) is 12.1 Å². The molecule has 7 heteroatoms. The molecular formula is C15H18FN3O3. The van der Waals surface area contributed by atoms with Crippen LogP contribution in [0.5, 0.6) is 0 Å². The van der Waals surface area contributed by atoms with Crippen molar-refractivity contribution in [2.24, 2.45) is 0 Å². The molecule has 2 N–H and O–H groups in total. The minimum absolute atomic E-state index is 0.209. The predicted molar refractivity (Wildman–Crippen MR) is 77.5 cm³/mol. The number of carboxylic acids is 1. The van der Waals surface area contributed by atoms with Crippen LogP contribution in [-0.4, -0.2) is 27.8 Å². The Morgan fingerprint density at radius 1 is 1.27 bits per heavy atom. The topological polar surface area (TPSA) is 88.2 Å². The molecule has 0 unspecified atom stereocenters. The van der Waals surface area contributed by atoms with Gasteiger partial charge in [-0.25, -0.2) is 4.39 Å². The van der Waals surface area contributed by atoms with Crippen molar-refractivity contribution in [2.45, 2.75) is 32.2 Å². The summed E-state index contributed by atoms with van der Waals surface area (Å²) in [7, 11) is 0. The Labute approximate surface area is 127 Å². The molecule has 2 rings (SSSR count). The zero-order valence-electron chi connectivity index (χ0n) is 12.1. The number of aromatic nitrogens is 2. The Hall–Kier alpha value is -2.28. The highest BCUT2D eigenvalue weighted by Gasteiger charge is 2.08. The van der Waals surface area contributed by atoms with Crippen LogP contribution in [0.15, 0.2) is 28.7 Å². The third-order valence-corrected chi connectivity index (χ3v) is 3.06. The molecule has 0 amide bonds. The van der Waals surface area contributed by atoms with E-state index in [0.717, 1.165) is 19.4 Å². The van der Waals surface area contributed by atoms with Crippen LogP contribution >= 0.6 is 0 Å². The second-order valence-electron chi connectivity index (χ2n) is 4.89. The fraction of sp³-hybridized carbons (Fsp3) is 0.400. The number of nitrogens with zero attached hydrogens (tertiary/aromatic N) is 2. The van der Waals surface area contributed by atoms with Crippen molar-refractivity contribution in [3.8, 4) is 11.5 Å². The van der Waals surface area contributed by atoms with E-state index in [9.17, 15) is 9.18 Å². The van der Waals surface area contributed by atoms with Gasteiger partial charge in [-0.1, -0.05) is 12.5 Å². The van der Waals surface area contributed by atoms with Crippen LogP contribution in [-0.2, 0) is 11.3 Å². The lowest BCUT2D eigenvalue weighted by Crippen LogP contribution is -2.15. The van der Waals surface area contributed by atoms with Crippen molar-refractivity contribution in [3.05, 3.63) is 36.0 Å². The standard InChI is InChI=1S/C15H18FN3O3/c16-12-6-4-5-11(9-12)15-19-18-13(22-15)10-17-8-3-1-2-7-14(20)21/h4-6,9,17H,1-3,7-8,10H2,(H,20,21). The normalized spacial score (nSPS) is 10.8. The van der Waals surface area contributed by atoms with Gasteiger partial charge < -0.3 is 14.8 Å². The molecule has 0 fully saturated rings. The Bertz CT molecular complexity index is 616.